The van der Waals surface area contributed by atoms with Gasteiger partial charge in [-0.05, 0) is 51.1 Å². The molecular formula is C24H28N2O6. The average Bonchev–Trinajstić information content (AvgIpc) is 2.77. The maximum absolute atomic E-state index is 13.2. The number of carbonyl (C=O) groups excluding carboxylic acids is 2. The van der Waals surface area contributed by atoms with Crippen molar-refractivity contribution in [2.24, 2.45) is 0 Å². The number of hydrogen-bond donors (Lipinski definition) is 1. The summed E-state index contributed by atoms with van der Waals surface area (Å²) >= 11 is 0. The fraction of sp³-hybridized carbons (Fsp3) is 0.333. The minimum atomic E-state index is -0.784. The highest BCUT2D eigenvalue weighted by atomic mass is 16.5. The van der Waals surface area contributed by atoms with Gasteiger partial charge in [0.15, 0.2) is 11.5 Å². The zero-order valence-corrected chi connectivity index (χ0v) is 19.1. The number of rotatable bonds is 7. The van der Waals surface area contributed by atoms with Crippen LogP contribution >= 0.6 is 0 Å². The van der Waals surface area contributed by atoms with Gasteiger partial charge in [-0.25, -0.2) is 9.59 Å². The van der Waals surface area contributed by atoms with Gasteiger partial charge < -0.3 is 24.3 Å². The molecule has 8 heteroatoms. The molecule has 2 amide bonds. The molecule has 170 valence electrons. The number of allylic oxidation sites excluding steroid dienone is 1. The fourth-order valence-corrected chi connectivity index (χ4v) is 3.70. The summed E-state index contributed by atoms with van der Waals surface area (Å²) in [5.41, 5.74) is 1.94. The second-order valence-corrected chi connectivity index (χ2v) is 7.45. The van der Waals surface area contributed by atoms with Crippen LogP contribution in [0.2, 0.25) is 0 Å². The van der Waals surface area contributed by atoms with Crippen LogP contribution < -0.4 is 24.4 Å². The minimum Gasteiger partial charge on any atom is -0.497 e. The molecule has 1 aliphatic rings. The molecule has 32 heavy (non-hydrogen) atoms. The first-order valence-electron chi connectivity index (χ1n) is 10.2. The molecule has 1 N–H and O–H groups in total. The normalized spacial score (nSPS) is 16.0. The molecular weight excluding hydrogens is 412 g/mol. The Kier molecular flexibility index (Phi) is 6.92. The Balaban J connectivity index is 2.18. The molecule has 2 aromatic rings. The van der Waals surface area contributed by atoms with Crippen molar-refractivity contribution in [1.29, 1.82) is 0 Å². The van der Waals surface area contributed by atoms with Crippen LogP contribution in [-0.2, 0) is 9.53 Å². The van der Waals surface area contributed by atoms with E-state index < -0.39 is 12.0 Å². The van der Waals surface area contributed by atoms with Crippen LogP contribution in [0.1, 0.15) is 32.4 Å². The van der Waals surface area contributed by atoms with Crippen molar-refractivity contribution in [2.75, 3.05) is 26.2 Å². The van der Waals surface area contributed by atoms with Crippen molar-refractivity contribution in [1.82, 2.24) is 5.32 Å². The molecule has 1 heterocycles. The van der Waals surface area contributed by atoms with Crippen molar-refractivity contribution in [3.8, 4) is 17.2 Å². The van der Waals surface area contributed by atoms with Crippen molar-refractivity contribution in [3.63, 3.8) is 0 Å². The van der Waals surface area contributed by atoms with E-state index in [9.17, 15) is 9.59 Å². The van der Waals surface area contributed by atoms with Crippen LogP contribution in [0, 0.1) is 0 Å². The first kappa shape index (κ1) is 23.0. The highest BCUT2D eigenvalue weighted by molar-refractivity contribution is 6.03. The lowest BCUT2D eigenvalue weighted by molar-refractivity contribution is -0.143. The Morgan fingerprint density at radius 3 is 2.25 bits per heavy atom. The van der Waals surface area contributed by atoms with Gasteiger partial charge >= 0.3 is 12.0 Å². The summed E-state index contributed by atoms with van der Waals surface area (Å²) in [6.45, 7) is 5.27. The zero-order chi connectivity index (χ0) is 23.4. The summed E-state index contributed by atoms with van der Waals surface area (Å²) in [4.78, 5) is 27.8. The lowest BCUT2D eigenvalue weighted by Gasteiger charge is -2.36. The van der Waals surface area contributed by atoms with Gasteiger partial charge in [-0.15, -0.1) is 0 Å². The van der Waals surface area contributed by atoms with E-state index in [2.05, 4.69) is 5.32 Å². The Morgan fingerprint density at radius 2 is 1.69 bits per heavy atom. The van der Waals surface area contributed by atoms with Gasteiger partial charge in [-0.2, -0.15) is 0 Å². The highest BCUT2D eigenvalue weighted by Gasteiger charge is 2.39. The van der Waals surface area contributed by atoms with Crippen molar-refractivity contribution < 1.29 is 28.5 Å². The molecule has 1 aliphatic heterocycles. The standard InChI is InChI=1S/C24H28N2O6/c1-14(2)32-23(27)20-15(3)26(16-10-12-17(29-4)13-11-16)24(28)25-21(20)18-8-7-9-19(30-5)22(18)31-6/h7-14,21H,1-6H3,(H,25,28)/t21-/m1/s1. The third-order valence-electron chi connectivity index (χ3n) is 5.12. The highest BCUT2D eigenvalue weighted by Crippen LogP contribution is 2.41. The molecule has 0 unspecified atom stereocenters. The molecule has 8 nitrogen and oxygen atoms in total. The monoisotopic (exact) mass is 440 g/mol. The third-order valence-corrected chi connectivity index (χ3v) is 5.12. The van der Waals surface area contributed by atoms with Gasteiger partial charge in [0.25, 0.3) is 0 Å². The molecule has 0 aromatic heterocycles. The SMILES string of the molecule is COc1ccc(N2C(=O)N[C@H](c3cccc(OC)c3OC)C(C(=O)OC(C)C)=C2C)cc1. The molecule has 0 saturated carbocycles. The van der Waals surface area contributed by atoms with E-state index in [0.29, 0.717) is 39.8 Å². The number of para-hydroxylation sites is 1. The van der Waals surface area contributed by atoms with Crippen LogP contribution in [0.3, 0.4) is 0 Å². The lowest BCUT2D eigenvalue weighted by atomic mass is 9.93. The number of methoxy groups -OCH3 is 3. The van der Waals surface area contributed by atoms with Crippen molar-refractivity contribution in [2.45, 2.75) is 32.9 Å². The fourth-order valence-electron chi connectivity index (χ4n) is 3.70. The number of esters is 1. The first-order chi connectivity index (χ1) is 15.3. The molecule has 0 spiro atoms. The summed E-state index contributed by atoms with van der Waals surface area (Å²) in [6, 6.07) is 11.1. The van der Waals surface area contributed by atoms with E-state index in [-0.39, 0.29) is 12.1 Å². The van der Waals surface area contributed by atoms with Crippen LogP contribution in [0.25, 0.3) is 0 Å². The number of amides is 2. The van der Waals surface area contributed by atoms with E-state index in [0.717, 1.165) is 0 Å². The number of benzene rings is 2. The summed E-state index contributed by atoms with van der Waals surface area (Å²) in [5.74, 6) is 1.06. The van der Waals surface area contributed by atoms with Gasteiger partial charge in [0.1, 0.15) is 5.75 Å². The van der Waals surface area contributed by atoms with Crippen LogP contribution in [-0.4, -0.2) is 39.4 Å². The van der Waals surface area contributed by atoms with E-state index in [4.69, 9.17) is 18.9 Å². The summed E-state index contributed by atoms with van der Waals surface area (Å²) < 4.78 is 21.7. The Labute approximate surface area is 187 Å². The zero-order valence-electron chi connectivity index (χ0n) is 19.1. The second kappa shape index (κ2) is 9.64. The van der Waals surface area contributed by atoms with E-state index in [1.165, 1.54) is 19.1 Å². The number of anilines is 1. The molecule has 2 aromatic carbocycles. The maximum Gasteiger partial charge on any atom is 0.338 e. The number of nitrogens with one attached hydrogen (secondary N) is 1. The van der Waals surface area contributed by atoms with Crippen LogP contribution in [0.5, 0.6) is 17.2 Å². The summed E-state index contributed by atoms with van der Waals surface area (Å²) in [5, 5.41) is 2.93. The van der Waals surface area contributed by atoms with Crippen molar-refractivity contribution in [3.05, 3.63) is 59.3 Å². The number of urea groups is 1. The number of ether oxygens (including phenoxy) is 4. The first-order valence-corrected chi connectivity index (χ1v) is 10.2. The molecule has 1 atom stereocenters. The molecule has 3 rings (SSSR count). The van der Waals surface area contributed by atoms with E-state index >= 15 is 0 Å². The largest absolute Gasteiger partial charge is 0.497 e. The van der Waals surface area contributed by atoms with Crippen LogP contribution in [0.15, 0.2) is 53.7 Å². The molecule has 0 aliphatic carbocycles. The quantitative estimate of drug-likeness (QED) is 0.649. The number of carbonyl (C=O) groups is 2. The molecule has 0 bridgehead atoms. The van der Waals surface area contributed by atoms with Crippen LogP contribution in [0.4, 0.5) is 10.5 Å². The molecule has 0 fully saturated rings. The number of nitrogens with zero attached hydrogens (tertiary/aromatic N) is 1. The number of hydrogen-bond acceptors (Lipinski definition) is 6. The van der Waals surface area contributed by atoms with Gasteiger partial charge in [-0.1, -0.05) is 12.1 Å². The average molecular weight is 440 g/mol. The predicted octanol–water partition coefficient (Wildman–Crippen LogP) is 4.21. The smallest absolute Gasteiger partial charge is 0.338 e. The molecule has 0 saturated heterocycles. The van der Waals surface area contributed by atoms with Gasteiger partial charge in [-0.3, -0.25) is 4.90 Å². The second-order valence-electron chi connectivity index (χ2n) is 7.45. The third kappa shape index (κ3) is 4.34. The molecule has 0 radical (unpaired) electrons. The Bertz CT molecular complexity index is 1030. The van der Waals surface area contributed by atoms with E-state index in [1.54, 1.807) is 70.3 Å². The minimum absolute atomic E-state index is 0.306. The predicted molar refractivity (Wildman–Crippen MR) is 120 cm³/mol. The summed E-state index contributed by atoms with van der Waals surface area (Å²) in [6.07, 6.45) is -0.331. The Hall–Kier alpha value is -3.68. The van der Waals surface area contributed by atoms with E-state index in [1.807, 2.05) is 0 Å². The van der Waals surface area contributed by atoms with Gasteiger partial charge in [0.2, 0.25) is 0 Å². The van der Waals surface area contributed by atoms with Crippen molar-refractivity contribution >= 4 is 17.7 Å². The topological polar surface area (TPSA) is 86.3 Å². The summed E-state index contributed by atoms with van der Waals surface area (Å²) in [7, 11) is 4.61. The maximum atomic E-state index is 13.2. The lowest BCUT2D eigenvalue weighted by Crippen LogP contribution is -2.48. The van der Waals surface area contributed by atoms with Gasteiger partial charge in [0.05, 0.1) is 44.7 Å². The van der Waals surface area contributed by atoms with Gasteiger partial charge in [0, 0.05) is 11.3 Å². The Morgan fingerprint density at radius 1 is 1.00 bits per heavy atom.